The Balaban J connectivity index is 1.45. The van der Waals surface area contributed by atoms with E-state index in [0.717, 1.165) is 11.1 Å². The van der Waals surface area contributed by atoms with Gasteiger partial charge in [-0.05, 0) is 18.6 Å². The van der Waals surface area contributed by atoms with Crippen molar-refractivity contribution in [1.82, 2.24) is 15.1 Å². The normalized spacial score (nSPS) is 11.1. The van der Waals surface area contributed by atoms with E-state index in [0.29, 0.717) is 41.0 Å². The Morgan fingerprint density at radius 3 is 2.65 bits per heavy atom. The van der Waals surface area contributed by atoms with Gasteiger partial charge < -0.3 is 14.3 Å². The minimum Gasteiger partial charge on any atom is -0.441 e. The number of aromatic nitrogens is 3. The van der Waals surface area contributed by atoms with Crippen LogP contribution < -0.4 is 5.32 Å². The summed E-state index contributed by atoms with van der Waals surface area (Å²) >= 11 is 0. The predicted molar refractivity (Wildman–Crippen MR) is 117 cm³/mol. The second kappa shape index (κ2) is 8.95. The monoisotopic (exact) mass is 416 g/mol. The van der Waals surface area contributed by atoms with E-state index in [-0.39, 0.29) is 18.2 Å². The van der Waals surface area contributed by atoms with Crippen LogP contribution in [0, 0.1) is 6.92 Å². The third-order valence-electron chi connectivity index (χ3n) is 4.90. The summed E-state index contributed by atoms with van der Waals surface area (Å²) in [4.78, 5) is 21.4. The molecule has 158 valence electrons. The first-order valence-corrected chi connectivity index (χ1v) is 10.2. The van der Waals surface area contributed by atoms with Gasteiger partial charge in [0.2, 0.25) is 5.91 Å². The number of hydrogen-bond acceptors (Lipinski definition) is 6. The lowest BCUT2D eigenvalue weighted by Gasteiger charge is -2.11. The number of amides is 1. The van der Waals surface area contributed by atoms with E-state index in [1.807, 2.05) is 69.3 Å². The number of carbonyl (C=O) groups excluding carboxylic acids is 1. The van der Waals surface area contributed by atoms with Crippen LogP contribution in [0.25, 0.3) is 22.8 Å². The number of rotatable bonds is 7. The molecule has 31 heavy (non-hydrogen) atoms. The average Bonchev–Trinajstić information content (AvgIpc) is 3.44. The van der Waals surface area contributed by atoms with Gasteiger partial charge in [0.1, 0.15) is 0 Å². The molecule has 0 bridgehead atoms. The van der Waals surface area contributed by atoms with Crippen LogP contribution in [0.15, 0.2) is 63.7 Å². The first-order valence-electron chi connectivity index (χ1n) is 10.2. The summed E-state index contributed by atoms with van der Waals surface area (Å²) in [5.41, 5.74) is 3.24. The fourth-order valence-corrected chi connectivity index (χ4v) is 3.17. The van der Waals surface area contributed by atoms with E-state index in [2.05, 4.69) is 20.4 Å². The highest BCUT2D eigenvalue weighted by molar-refractivity contribution is 5.95. The van der Waals surface area contributed by atoms with Crippen molar-refractivity contribution < 1.29 is 13.7 Å². The zero-order chi connectivity index (χ0) is 21.8. The molecule has 7 nitrogen and oxygen atoms in total. The summed E-state index contributed by atoms with van der Waals surface area (Å²) in [5.74, 6) is 2.25. The number of carbonyl (C=O) groups is 1. The zero-order valence-electron chi connectivity index (χ0n) is 17.8. The van der Waals surface area contributed by atoms with Gasteiger partial charge in [-0.15, -0.1) is 0 Å². The summed E-state index contributed by atoms with van der Waals surface area (Å²) in [6.07, 6.45) is 2.32. The van der Waals surface area contributed by atoms with Gasteiger partial charge in [-0.3, -0.25) is 4.79 Å². The molecule has 0 saturated heterocycles. The highest BCUT2D eigenvalue weighted by Gasteiger charge is 2.18. The molecule has 0 radical (unpaired) electrons. The van der Waals surface area contributed by atoms with E-state index in [1.54, 1.807) is 6.20 Å². The van der Waals surface area contributed by atoms with Gasteiger partial charge >= 0.3 is 0 Å². The van der Waals surface area contributed by atoms with E-state index in [1.165, 1.54) is 0 Å². The zero-order valence-corrected chi connectivity index (χ0v) is 17.8. The summed E-state index contributed by atoms with van der Waals surface area (Å²) < 4.78 is 11.2. The van der Waals surface area contributed by atoms with Crippen molar-refractivity contribution in [3.63, 3.8) is 0 Å². The fourth-order valence-electron chi connectivity index (χ4n) is 3.17. The van der Waals surface area contributed by atoms with Crippen LogP contribution in [0.1, 0.15) is 43.5 Å². The van der Waals surface area contributed by atoms with Crippen LogP contribution in [0.5, 0.6) is 0 Å². The largest absolute Gasteiger partial charge is 0.441 e. The number of nitrogens with one attached hydrogen (secondary N) is 1. The smallest absolute Gasteiger partial charge is 0.260 e. The number of aryl methyl sites for hydroxylation is 2. The summed E-state index contributed by atoms with van der Waals surface area (Å²) in [6, 6.07) is 15.4. The Morgan fingerprint density at radius 1 is 1.10 bits per heavy atom. The van der Waals surface area contributed by atoms with Gasteiger partial charge in [-0.2, -0.15) is 4.98 Å². The molecule has 0 aliphatic heterocycles. The molecule has 0 fully saturated rings. The average molecular weight is 416 g/mol. The van der Waals surface area contributed by atoms with E-state index in [4.69, 9.17) is 8.94 Å². The Labute approximate surface area is 180 Å². The molecule has 2 aromatic heterocycles. The third-order valence-corrected chi connectivity index (χ3v) is 4.90. The standard InChI is InChI=1S/C24H24N4O3/c1-15(2)23-27-24(31-28-23)18-11-7-8-16(3)22(18)26-20(29)12-13-21-25-14-19(30-21)17-9-5-4-6-10-17/h4-11,14-15H,12-13H2,1-3H3,(H,26,29). The molecule has 0 unspecified atom stereocenters. The number of benzene rings is 2. The van der Waals surface area contributed by atoms with Gasteiger partial charge in [0.05, 0.1) is 17.4 Å². The minimum absolute atomic E-state index is 0.140. The van der Waals surface area contributed by atoms with Crippen molar-refractivity contribution in [3.8, 4) is 22.8 Å². The summed E-state index contributed by atoms with van der Waals surface area (Å²) in [7, 11) is 0. The van der Waals surface area contributed by atoms with Crippen molar-refractivity contribution in [3.05, 3.63) is 72.0 Å². The van der Waals surface area contributed by atoms with E-state index < -0.39 is 0 Å². The molecule has 4 rings (SSSR count). The van der Waals surface area contributed by atoms with Crippen LogP contribution in [-0.2, 0) is 11.2 Å². The minimum atomic E-state index is -0.140. The Hall–Kier alpha value is -3.74. The van der Waals surface area contributed by atoms with Crippen LogP contribution >= 0.6 is 0 Å². The summed E-state index contributed by atoms with van der Waals surface area (Å²) in [6.45, 7) is 5.93. The molecule has 1 amide bonds. The SMILES string of the molecule is Cc1cccc(-c2nc(C(C)C)no2)c1NC(=O)CCc1ncc(-c2ccccc2)o1. The highest BCUT2D eigenvalue weighted by Crippen LogP contribution is 2.31. The van der Waals surface area contributed by atoms with Crippen molar-refractivity contribution >= 4 is 11.6 Å². The molecule has 2 heterocycles. The fraction of sp³-hybridized carbons (Fsp3) is 0.250. The quantitative estimate of drug-likeness (QED) is 0.434. The Kier molecular flexibility index (Phi) is 5.93. The maximum Gasteiger partial charge on any atom is 0.260 e. The van der Waals surface area contributed by atoms with Crippen LogP contribution in [0.4, 0.5) is 5.69 Å². The number of anilines is 1. The molecule has 1 N–H and O–H groups in total. The molecule has 0 atom stereocenters. The first kappa shape index (κ1) is 20.5. The van der Waals surface area contributed by atoms with Crippen molar-refractivity contribution in [2.24, 2.45) is 0 Å². The Bertz CT molecular complexity index is 1180. The van der Waals surface area contributed by atoms with Gasteiger partial charge in [-0.1, -0.05) is 61.5 Å². The number of oxazole rings is 1. The molecular weight excluding hydrogens is 392 g/mol. The molecule has 0 aliphatic rings. The molecule has 4 aromatic rings. The van der Waals surface area contributed by atoms with Crippen molar-refractivity contribution in [2.75, 3.05) is 5.32 Å². The van der Waals surface area contributed by atoms with E-state index in [9.17, 15) is 4.79 Å². The lowest BCUT2D eigenvalue weighted by molar-refractivity contribution is -0.116. The molecule has 0 spiro atoms. The summed E-state index contributed by atoms with van der Waals surface area (Å²) in [5, 5.41) is 7.01. The predicted octanol–water partition coefficient (Wildman–Crippen LogP) is 5.39. The lowest BCUT2D eigenvalue weighted by atomic mass is 10.1. The van der Waals surface area contributed by atoms with Crippen LogP contribution in [0.2, 0.25) is 0 Å². The van der Waals surface area contributed by atoms with E-state index >= 15 is 0 Å². The second-order valence-electron chi connectivity index (χ2n) is 7.64. The Morgan fingerprint density at radius 2 is 1.90 bits per heavy atom. The van der Waals surface area contributed by atoms with Crippen LogP contribution in [0.3, 0.4) is 0 Å². The van der Waals surface area contributed by atoms with Crippen molar-refractivity contribution in [1.29, 1.82) is 0 Å². The van der Waals surface area contributed by atoms with Gasteiger partial charge in [-0.25, -0.2) is 4.98 Å². The van der Waals surface area contributed by atoms with Crippen LogP contribution in [-0.4, -0.2) is 21.0 Å². The number of para-hydroxylation sites is 1. The topological polar surface area (TPSA) is 94.1 Å². The first-order chi connectivity index (χ1) is 15.0. The number of nitrogens with zero attached hydrogens (tertiary/aromatic N) is 3. The molecule has 0 aliphatic carbocycles. The molecule has 0 saturated carbocycles. The molecule has 2 aromatic carbocycles. The maximum atomic E-state index is 12.7. The molecule has 7 heteroatoms. The highest BCUT2D eigenvalue weighted by atomic mass is 16.5. The third kappa shape index (κ3) is 4.71. The molecular formula is C24H24N4O3. The van der Waals surface area contributed by atoms with Crippen molar-refractivity contribution in [2.45, 2.75) is 39.5 Å². The number of hydrogen-bond donors (Lipinski definition) is 1. The maximum absolute atomic E-state index is 12.7. The van der Waals surface area contributed by atoms with Gasteiger partial charge in [0.25, 0.3) is 5.89 Å². The van der Waals surface area contributed by atoms with Gasteiger partial charge in [0, 0.05) is 24.3 Å². The second-order valence-corrected chi connectivity index (χ2v) is 7.64. The lowest BCUT2D eigenvalue weighted by Crippen LogP contribution is -2.14. The van der Waals surface area contributed by atoms with Gasteiger partial charge in [0.15, 0.2) is 17.5 Å².